The minimum absolute atomic E-state index is 0.0230. The SMILES string of the molecule is Nc1cccc(C(=O)N2CCC(CCC(=O)O)C2)c1. The van der Waals surface area contributed by atoms with Gasteiger partial charge in [-0.2, -0.15) is 0 Å². The maximum atomic E-state index is 12.2. The highest BCUT2D eigenvalue weighted by atomic mass is 16.4. The molecule has 1 saturated heterocycles. The Morgan fingerprint density at radius 1 is 1.42 bits per heavy atom. The Kier molecular flexibility index (Phi) is 4.04. The van der Waals surface area contributed by atoms with E-state index in [1.54, 1.807) is 29.2 Å². The molecule has 0 aliphatic carbocycles. The van der Waals surface area contributed by atoms with E-state index >= 15 is 0 Å². The molecule has 1 unspecified atom stereocenters. The van der Waals surface area contributed by atoms with Crippen molar-refractivity contribution in [3.05, 3.63) is 29.8 Å². The van der Waals surface area contributed by atoms with Gasteiger partial charge in [0.1, 0.15) is 0 Å². The van der Waals surface area contributed by atoms with E-state index in [9.17, 15) is 9.59 Å². The van der Waals surface area contributed by atoms with Crippen LogP contribution in [0, 0.1) is 5.92 Å². The summed E-state index contributed by atoms with van der Waals surface area (Å²) in [6.07, 6.45) is 1.68. The highest BCUT2D eigenvalue weighted by molar-refractivity contribution is 5.95. The third-order valence-electron chi connectivity index (χ3n) is 3.47. The van der Waals surface area contributed by atoms with Crippen LogP contribution in [-0.2, 0) is 4.79 Å². The molecule has 0 saturated carbocycles. The maximum absolute atomic E-state index is 12.2. The van der Waals surface area contributed by atoms with Crippen molar-refractivity contribution in [1.29, 1.82) is 0 Å². The lowest BCUT2D eigenvalue weighted by Crippen LogP contribution is -2.28. The van der Waals surface area contributed by atoms with Crippen LogP contribution in [0.2, 0.25) is 0 Å². The van der Waals surface area contributed by atoms with Crippen LogP contribution in [0.4, 0.5) is 5.69 Å². The first-order chi connectivity index (χ1) is 9.06. The molecule has 1 heterocycles. The number of hydrogen-bond acceptors (Lipinski definition) is 3. The van der Waals surface area contributed by atoms with Gasteiger partial charge in [-0.3, -0.25) is 9.59 Å². The molecule has 5 heteroatoms. The molecule has 0 bridgehead atoms. The van der Waals surface area contributed by atoms with Crippen LogP contribution in [0.15, 0.2) is 24.3 Å². The van der Waals surface area contributed by atoms with Gasteiger partial charge in [-0.05, 0) is 37.0 Å². The molecule has 1 atom stereocenters. The summed E-state index contributed by atoms with van der Waals surface area (Å²) < 4.78 is 0. The molecule has 3 N–H and O–H groups in total. The monoisotopic (exact) mass is 262 g/mol. The molecular weight excluding hydrogens is 244 g/mol. The Morgan fingerprint density at radius 2 is 2.21 bits per heavy atom. The van der Waals surface area contributed by atoms with Crippen molar-refractivity contribution in [2.45, 2.75) is 19.3 Å². The predicted molar refractivity (Wildman–Crippen MR) is 71.7 cm³/mol. The average molecular weight is 262 g/mol. The number of carboxylic acid groups (broad SMARTS) is 1. The summed E-state index contributed by atoms with van der Waals surface area (Å²) in [5.41, 5.74) is 6.84. The Balaban J connectivity index is 1.93. The van der Waals surface area contributed by atoms with Crippen molar-refractivity contribution in [3.8, 4) is 0 Å². The number of nitrogens with zero attached hydrogens (tertiary/aromatic N) is 1. The van der Waals surface area contributed by atoms with E-state index < -0.39 is 5.97 Å². The lowest BCUT2D eigenvalue weighted by molar-refractivity contribution is -0.137. The first-order valence-corrected chi connectivity index (χ1v) is 6.43. The number of carbonyl (C=O) groups excluding carboxylic acids is 1. The van der Waals surface area contributed by atoms with Crippen molar-refractivity contribution >= 4 is 17.6 Å². The van der Waals surface area contributed by atoms with Gasteiger partial charge in [-0.15, -0.1) is 0 Å². The number of anilines is 1. The fraction of sp³-hybridized carbons (Fsp3) is 0.429. The Morgan fingerprint density at radius 3 is 2.89 bits per heavy atom. The summed E-state index contributed by atoms with van der Waals surface area (Å²) >= 11 is 0. The van der Waals surface area contributed by atoms with Crippen LogP contribution in [-0.4, -0.2) is 35.0 Å². The van der Waals surface area contributed by atoms with Crippen LogP contribution < -0.4 is 5.73 Å². The summed E-state index contributed by atoms with van der Waals surface area (Å²) in [5.74, 6) is -0.508. The number of carboxylic acids is 1. The van der Waals surface area contributed by atoms with Crippen molar-refractivity contribution in [1.82, 2.24) is 4.90 Å². The van der Waals surface area contributed by atoms with E-state index in [0.29, 0.717) is 36.7 Å². The quantitative estimate of drug-likeness (QED) is 0.807. The summed E-state index contributed by atoms with van der Waals surface area (Å²) in [5, 5.41) is 8.66. The van der Waals surface area contributed by atoms with E-state index in [2.05, 4.69) is 0 Å². The van der Waals surface area contributed by atoms with Gasteiger partial charge in [-0.25, -0.2) is 0 Å². The summed E-state index contributed by atoms with van der Waals surface area (Å²) in [4.78, 5) is 24.6. The highest BCUT2D eigenvalue weighted by Gasteiger charge is 2.27. The third-order valence-corrected chi connectivity index (χ3v) is 3.47. The van der Waals surface area contributed by atoms with Gasteiger partial charge in [0.25, 0.3) is 5.91 Å². The van der Waals surface area contributed by atoms with Crippen LogP contribution in [0.5, 0.6) is 0 Å². The van der Waals surface area contributed by atoms with Gasteiger partial charge < -0.3 is 15.7 Å². The van der Waals surface area contributed by atoms with Crippen molar-refractivity contribution in [3.63, 3.8) is 0 Å². The molecule has 1 aliphatic heterocycles. The molecular formula is C14H18N2O3. The Bertz CT molecular complexity index is 487. The molecule has 102 valence electrons. The maximum Gasteiger partial charge on any atom is 0.303 e. The zero-order valence-corrected chi connectivity index (χ0v) is 10.7. The molecule has 19 heavy (non-hydrogen) atoms. The molecule has 1 aliphatic rings. The van der Waals surface area contributed by atoms with Crippen LogP contribution in [0.25, 0.3) is 0 Å². The number of nitrogen functional groups attached to an aromatic ring is 1. The van der Waals surface area contributed by atoms with Gasteiger partial charge >= 0.3 is 5.97 Å². The Labute approximate surface area is 112 Å². The van der Waals surface area contributed by atoms with Crippen molar-refractivity contribution in [2.24, 2.45) is 5.92 Å². The number of nitrogens with two attached hydrogens (primary N) is 1. The normalized spacial score (nSPS) is 18.5. The average Bonchev–Trinajstić information content (AvgIpc) is 2.84. The zero-order chi connectivity index (χ0) is 13.8. The van der Waals surface area contributed by atoms with E-state index in [1.807, 2.05) is 0 Å². The molecule has 1 amide bonds. The van der Waals surface area contributed by atoms with Crippen LogP contribution in [0.3, 0.4) is 0 Å². The number of benzene rings is 1. The van der Waals surface area contributed by atoms with Crippen molar-refractivity contribution in [2.75, 3.05) is 18.8 Å². The van der Waals surface area contributed by atoms with Gasteiger partial charge in [0, 0.05) is 30.8 Å². The zero-order valence-electron chi connectivity index (χ0n) is 10.7. The van der Waals surface area contributed by atoms with Crippen LogP contribution in [0.1, 0.15) is 29.6 Å². The number of rotatable bonds is 4. The fourth-order valence-corrected chi connectivity index (χ4v) is 2.43. The first-order valence-electron chi connectivity index (χ1n) is 6.43. The number of hydrogen-bond donors (Lipinski definition) is 2. The third kappa shape index (κ3) is 3.47. The fourth-order valence-electron chi connectivity index (χ4n) is 2.43. The van der Waals surface area contributed by atoms with E-state index in [-0.39, 0.29) is 12.3 Å². The second-order valence-corrected chi connectivity index (χ2v) is 4.96. The number of likely N-dealkylation sites (tertiary alicyclic amines) is 1. The standard InChI is InChI=1S/C14H18N2O3/c15-12-3-1-2-11(8-12)14(19)16-7-6-10(9-16)4-5-13(17)18/h1-3,8,10H,4-7,9,15H2,(H,17,18). The van der Waals surface area contributed by atoms with Gasteiger partial charge in [-0.1, -0.05) is 6.07 Å². The predicted octanol–water partition coefficient (Wildman–Crippen LogP) is 1.60. The summed E-state index contributed by atoms with van der Waals surface area (Å²) in [7, 11) is 0. The molecule has 1 fully saturated rings. The highest BCUT2D eigenvalue weighted by Crippen LogP contribution is 2.23. The molecule has 0 aromatic heterocycles. The molecule has 1 aromatic rings. The molecule has 5 nitrogen and oxygen atoms in total. The number of carbonyl (C=O) groups is 2. The Hall–Kier alpha value is -2.04. The van der Waals surface area contributed by atoms with Gasteiger partial charge in [0.05, 0.1) is 0 Å². The lowest BCUT2D eigenvalue weighted by atomic mass is 10.0. The topological polar surface area (TPSA) is 83.6 Å². The first kappa shape index (κ1) is 13.4. The number of amides is 1. The largest absolute Gasteiger partial charge is 0.481 e. The second-order valence-electron chi connectivity index (χ2n) is 4.96. The van der Waals surface area contributed by atoms with Crippen LogP contribution >= 0.6 is 0 Å². The van der Waals surface area contributed by atoms with E-state index in [0.717, 1.165) is 6.42 Å². The second kappa shape index (κ2) is 5.73. The molecule has 0 radical (unpaired) electrons. The van der Waals surface area contributed by atoms with Gasteiger partial charge in [0.15, 0.2) is 0 Å². The molecule has 1 aromatic carbocycles. The minimum Gasteiger partial charge on any atom is -0.481 e. The van der Waals surface area contributed by atoms with E-state index in [4.69, 9.17) is 10.8 Å². The lowest BCUT2D eigenvalue weighted by Gasteiger charge is -2.16. The molecule has 0 spiro atoms. The smallest absolute Gasteiger partial charge is 0.303 e. The summed E-state index contributed by atoms with van der Waals surface area (Å²) in [6, 6.07) is 6.94. The number of aliphatic carboxylic acids is 1. The molecule has 2 rings (SSSR count). The summed E-state index contributed by atoms with van der Waals surface area (Å²) in [6.45, 7) is 1.33. The van der Waals surface area contributed by atoms with Crippen molar-refractivity contribution < 1.29 is 14.7 Å². The van der Waals surface area contributed by atoms with Gasteiger partial charge in [0.2, 0.25) is 0 Å². The minimum atomic E-state index is -0.777. The van der Waals surface area contributed by atoms with E-state index in [1.165, 1.54) is 0 Å².